The lowest BCUT2D eigenvalue weighted by Crippen LogP contribution is -2.33. The van der Waals surface area contributed by atoms with Crippen molar-refractivity contribution in [2.75, 3.05) is 7.11 Å². The standard InChI is InChI=1S/C28H24F2N4O3/c1-37-23-5-2-21(3-6-23)34-9-8-31-28(34)26(12-17-10-19(29)14-20(30)11-17)33-27(36)13-18-16-32-25-7-4-22(35)15-24(18)25/h2-11,14-16,26,32,35H,12-13H2,1H3,(H,33,36). The lowest BCUT2D eigenvalue weighted by atomic mass is 10.0. The van der Waals surface area contributed by atoms with Crippen LogP contribution in [0.25, 0.3) is 16.6 Å². The van der Waals surface area contributed by atoms with Gasteiger partial charge in [-0.3, -0.25) is 4.79 Å². The average molecular weight is 503 g/mol. The monoisotopic (exact) mass is 502 g/mol. The Bertz CT molecular complexity index is 1540. The molecule has 9 heteroatoms. The number of hydrogen-bond acceptors (Lipinski definition) is 4. The maximum absolute atomic E-state index is 13.9. The van der Waals surface area contributed by atoms with E-state index in [2.05, 4.69) is 15.3 Å². The first-order valence-corrected chi connectivity index (χ1v) is 11.6. The van der Waals surface area contributed by atoms with Gasteiger partial charge in [-0.25, -0.2) is 13.8 Å². The third-order valence-corrected chi connectivity index (χ3v) is 6.13. The third-order valence-electron chi connectivity index (χ3n) is 6.13. The molecule has 0 saturated heterocycles. The smallest absolute Gasteiger partial charge is 0.225 e. The van der Waals surface area contributed by atoms with Crippen molar-refractivity contribution >= 4 is 16.8 Å². The fraction of sp³-hybridized carbons (Fsp3) is 0.143. The van der Waals surface area contributed by atoms with Crippen LogP contribution in [0, 0.1) is 11.6 Å². The number of nitrogens with one attached hydrogen (secondary N) is 2. The second-order valence-electron chi connectivity index (χ2n) is 8.68. The molecule has 3 aromatic carbocycles. The van der Waals surface area contributed by atoms with Crippen molar-refractivity contribution < 1.29 is 23.4 Å². The number of H-pyrrole nitrogens is 1. The van der Waals surface area contributed by atoms with Crippen LogP contribution < -0.4 is 10.1 Å². The van der Waals surface area contributed by atoms with E-state index in [-0.39, 0.29) is 24.5 Å². The molecule has 1 amide bonds. The Kier molecular flexibility index (Phi) is 6.59. The van der Waals surface area contributed by atoms with Gasteiger partial charge in [0.25, 0.3) is 0 Å². The molecule has 5 rings (SSSR count). The number of halogens is 2. The number of aromatic amines is 1. The first kappa shape index (κ1) is 24.1. The summed E-state index contributed by atoms with van der Waals surface area (Å²) >= 11 is 0. The van der Waals surface area contributed by atoms with Crippen LogP contribution in [0.5, 0.6) is 11.5 Å². The van der Waals surface area contributed by atoms with Gasteiger partial charge in [0.2, 0.25) is 5.91 Å². The fourth-order valence-electron chi connectivity index (χ4n) is 4.44. The van der Waals surface area contributed by atoms with Gasteiger partial charge in [-0.1, -0.05) is 0 Å². The molecule has 0 fully saturated rings. The van der Waals surface area contributed by atoms with E-state index in [0.29, 0.717) is 22.7 Å². The van der Waals surface area contributed by atoms with Crippen LogP contribution >= 0.6 is 0 Å². The van der Waals surface area contributed by atoms with Gasteiger partial charge in [-0.15, -0.1) is 0 Å². The molecular formula is C28H24F2N4O3. The fourth-order valence-corrected chi connectivity index (χ4v) is 4.44. The van der Waals surface area contributed by atoms with Crippen LogP contribution in [-0.2, 0) is 17.6 Å². The number of carbonyl (C=O) groups excluding carboxylic acids is 1. The minimum atomic E-state index is -0.697. The molecule has 2 heterocycles. The molecule has 188 valence electrons. The predicted molar refractivity (Wildman–Crippen MR) is 135 cm³/mol. The summed E-state index contributed by atoms with van der Waals surface area (Å²) in [7, 11) is 1.58. The minimum absolute atomic E-state index is 0.0285. The number of hydrogen-bond donors (Lipinski definition) is 3. The van der Waals surface area contributed by atoms with E-state index in [1.807, 2.05) is 16.7 Å². The highest BCUT2D eigenvalue weighted by Gasteiger charge is 2.22. The number of phenols is 1. The molecule has 2 aromatic heterocycles. The minimum Gasteiger partial charge on any atom is -0.508 e. The van der Waals surface area contributed by atoms with Gasteiger partial charge in [0.1, 0.15) is 29.0 Å². The number of benzene rings is 3. The molecule has 5 aromatic rings. The number of nitrogens with zero attached hydrogens (tertiary/aromatic N) is 2. The van der Waals surface area contributed by atoms with Crippen molar-refractivity contribution in [2.24, 2.45) is 0 Å². The second kappa shape index (κ2) is 10.1. The van der Waals surface area contributed by atoms with Crippen molar-refractivity contribution in [1.29, 1.82) is 0 Å². The van der Waals surface area contributed by atoms with E-state index in [9.17, 15) is 18.7 Å². The van der Waals surface area contributed by atoms with Crippen LogP contribution in [0.4, 0.5) is 8.78 Å². The van der Waals surface area contributed by atoms with Crippen LogP contribution in [0.15, 0.2) is 79.3 Å². The summed E-state index contributed by atoms with van der Waals surface area (Å²) in [6.07, 6.45) is 5.22. The van der Waals surface area contributed by atoms with Crippen molar-refractivity contribution in [3.63, 3.8) is 0 Å². The number of aromatic nitrogens is 3. The van der Waals surface area contributed by atoms with E-state index < -0.39 is 17.7 Å². The van der Waals surface area contributed by atoms with E-state index in [1.165, 1.54) is 12.1 Å². The molecule has 3 N–H and O–H groups in total. The number of carbonyl (C=O) groups is 1. The normalized spacial score (nSPS) is 12.0. The Morgan fingerprint density at radius 3 is 2.59 bits per heavy atom. The zero-order chi connectivity index (χ0) is 25.9. The molecule has 1 atom stereocenters. The highest BCUT2D eigenvalue weighted by Crippen LogP contribution is 2.26. The van der Waals surface area contributed by atoms with Crippen LogP contribution in [0.1, 0.15) is 23.0 Å². The molecule has 0 aliphatic rings. The average Bonchev–Trinajstić information content (AvgIpc) is 3.51. The number of fused-ring (bicyclic) bond motifs is 1. The molecule has 7 nitrogen and oxygen atoms in total. The molecular weight excluding hydrogens is 478 g/mol. The summed E-state index contributed by atoms with van der Waals surface area (Å²) in [6.45, 7) is 0. The highest BCUT2D eigenvalue weighted by molar-refractivity contribution is 5.89. The molecule has 0 saturated carbocycles. The number of aromatic hydroxyl groups is 1. The van der Waals surface area contributed by atoms with Crippen LogP contribution in [0.3, 0.4) is 0 Å². The highest BCUT2D eigenvalue weighted by atomic mass is 19.1. The van der Waals surface area contributed by atoms with Gasteiger partial charge in [0, 0.05) is 47.7 Å². The number of methoxy groups -OCH3 is 1. The second-order valence-corrected chi connectivity index (χ2v) is 8.68. The lowest BCUT2D eigenvalue weighted by molar-refractivity contribution is -0.121. The topological polar surface area (TPSA) is 92.2 Å². The van der Waals surface area contributed by atoms with Gasteiger partial charge in [0.15, 0.2) is 0 Å². The quantitative estimate of drug-likeness (QED) is 0.279. The van der Waals surface area contributed by atoms with Crippen molar-refractivity contribution in [1.82, 2.24) is 19.9 Å². The molecule has 37 heavy (non-hydrogen) atoms. The largest absolute Gasteiger partial charge is 0.508 e. The first-order chi connectivity index (χ1) is 17.9. The first-order valence-electron chi connectivity index (χ1n) is 11.6. The van der Waals surface area contributed by atoms with Gasteiger partial charge < -0.3 is 24.7 Å². The Morgan fingerprint density at radius 2 is 1.86 bits per heavy atom. The molecule has 0 aliphatic heterocycles. The van der Waals surface area contributed by atoms with E-state index in [1.54, 1.807) is 56.0 Å². The molecule has 0 spiro atoms. The van der Waals surface area contributed by atoms with Crippen LogP contribution in [-0.4, -0.2) is 32.7 Å². The lowest BCUT2D eigenvalue weighted by Gasteiger charge is -2.20. The van der Waals surface area contributed by atoms with Gasteiger partial charge in [-0.2, -0.15) is 0 Å². The Balaban J connectivity index is 1.46. The Hall–Kier alpha value is -4.66. The predicted octanol–water partition coefficient (Wildman–Crippen LogP) is 4.99. The number of ether oxygens (including phenoxy) is 1. The molecule has 0 radical (unpaired) electrons. The Morgan fingerprint density at radius 1 is 1.11 bits per heavy atom. The van der Waals surface area contributed by atoms with E-state index in [4.69, 9.17) is 4.74 Å². The van der Waals surface area contributed by atoms with E-state index >= 15 is 0 Å². The molecule has 0 aliphatic carbocycles. The zero-order valence-corrected chi connectivity index (χ0v) is 19.9. The summed E-state index contributed by atoms with van der Waals surface area (Å²) in [5.74, 6) is -0.416. The summed E-state index contributed by atoms with van der Waals surface area (Å²) in [4.78, 5) is 20.8. The SMILES string of the molecule is COc1ccc(-n2ccnc2C(Cc2cc(F)cc(F)c2)NC(=O)Cc2c[nH]c3ccc(O)cc23)cc1. The van der Waals surface area contributed by atoms with Crippen LogP contribution in [0.2, 0.25) is 0 Å². The van der Waals surface area contributed by atoms with Gasteiger partial charge in [0.05, 0.1) is 19.6 Å². The third kappa shape index (κ3) is 5.30. The van der Waals surface area contributed by atoms with Gasteiger partial charge >= 0.3 is 0 Å². The number of amides is 1. The molecule has 1 unspecified atom stereocenters. The summed E-state index contributed by atoms with van der Waals surface area (Å²) in [5.41, 5.74) is 2.66. The van der Waals surface area contributed by atoms with Gasteiger partial charge in [-0.05, 0) is 65.7 Å². The van der Waals surface area contributed by atoms with Crippen molar-refractivity contribution in [2.45, 2.75) is 18.9 Å². The maximum Gasteiger partial charge on any atom is 0.225 e. The molecule has 0 bridgehead atoms. The van der Waals surface area contributed by atoms with Crippen molar-refractivity contribution in [3.8, 4) is 17.2 Å². The summed E-state index contributed by atoms with van der Waals surface area (Å²) in [6, 6.07) is 14.8. The van der Waals surface area contributed by atoms with E-state index in [0.717, 1.165) is 22.7 Å². The summed E-state index contributed by atoms with van der Waals surface area (Å²) in [5, 5.41) is 13.6. The number of imidazole rings is 1. The maximum atomic E-state index is 13.9. The number of rotatable bonds is 8. The number of phenolic OH excluding ortho intramolecular Hbond substituents is 1. The summed E-state index contributed by atoms with van der Waals surface area (Å²) < 4.78 is 34.9. The zero-order valence-electron chi connectivity index (χ0n) is 19.9. The Labute approximate surface area is 211 Å². The van der Waals surface area contributed by atoms with Crippen molar-refractivity contribution in [3.05, 3.63) is 108 Å².